The van der Waals surface area contributed by atoms with Crippen LogP contribution in [0.1, 0.15) is 57.6 Å². The maximum absolute atomic E-state index is 12.4. The van der Waals surface area contributed by atoms with E-state index in [1.54, 1.807) is 6.92 Å². The Morgan fingerprint density at radius 3 is 2.23 bits per heavy atom. The predicted octanol–water partition coefficient (Wildman–Crippen LogP) is 5.45. The van der Waals surface area contributed by atoms with Crippen molar-refractivity contribution in [1.82, 2.24) is 0 Å². The lowest BCUT2D eigenvalue weighted by atomic mass is 9.84. The minimum absolute atomic E-state index is 0.178. The number of aryl methyl sites for hydroxylation is 2. The van der Waals surface area contributed by atoms with E-state index >= 15 is 0 Å². The molecule has 2 atom stereocenters. The van der Waals surface area contributed by atoms with E-state index < -0.39 is 17.4 Å². The molecule has 0 aromatic heterocycles. The van der Waals surface area contributed by atoms with Gasteiger partial charge in [0.2, 0.25) is 0 Å². The first-order chi connectivity index (χ1) is 14.8. The quantitative estimate of drug-likeness (QED) is 0.262. The molecule has 0 aliphatic rings. The molecule has 2 unspecified atom stereocenters. The number of carboxylic acids is 1. The van der Waals surface area contributed by atoms with Crippen LogP contribution in [0.2, 0.25) is 0 Å². The third kappa shape index (κ3) is 7.74. The molecule has 0 heterocycles. The summed E-state index contributed by atoms with van der Waals surface area (Å²) in [4.78, 5) is 24.1. The van der Waals surface area contributed by atoms with Crippen LogP contribution in [0.5, 0.6) is 5.75 Å². The maximum atomic E-state index is 12.4. The van der Waals surface area contributed by atoms with Crippen LogP contribution < -0.4 is 4.74 Å². The Bertz CT molecular complexity index is 815. The Labute approximate surface area is 185 Å². The Morgan fingerprint density at radius 2 is 1.61 bits per heavy atom. The van der Waals surface area contributed by atoms with Gasteiger partial charge in [0.15, 0.2) is 5.41 Å². The molecule has 31 heavy (non-hydrogen) atoms. The van der Waals surface area contributed by atoms with Crippen LogP contribution in [-0.2, 0) is 27.2 Å². The van der Waals surface area contributed by atoms with Crippen molar-refractivity contribution in [3.05, 3.63) is 65.7 Å². The molecule has 2 aromatic rings. The summed E-state index contributed by atoms with van der Waals surface area (Å²) in [6, 6.07) is 18.0. The van der Waals surface area contributed by atoms with Crippen molar-refractivity contribution in [3.8, 4) is 5.75 Å². The Kier molecular flexibility index (Phi) is 9.57. The normalized spacial score (nSPS) is 13.8. The number of carboxylic acid groups (broad SMARTS) is 1. The van der Waals surface area contributed by atoms with Gasteiger partial charge in [-0.05, 0) is 75.6 Å². The highest BCUT2D eigenvalue weighted by molar-refractivity contribution is 5.98. The van der Waals surface area contributed by atoms with E-state index in [2.05, 4.69) is 24.3 Å². The van der Waals surface area contributed by atoms with Crippen molar-refractivity contribution in [2.24, 2.45) is 5.41 Å². The number of ether oxygens (including phenoxy) is 2. The monoisotopic (exact) mass is 426 g/mol. The SMILES string of the molecule is CCC(C)OC(=O)C(C)(CCc1ccc(OCCCCc2ccccc2)cc1)C(=O)O. The van der Waals surface area contributed by atoms with Gasteiger partial charge < -0.3 is 14.6 Å². The Balaban J connectivity index is 1.78. The summed E-state index contributed by atoms with van der Waals surface area (Å²) in [6.45, 7) is 5.75. The van der Waals surface area contributed by atoms with Crippen LogP contribution in [0, 0.1) is 5.41 Å². The van der Waals surface area contributed by atoms with Gasteiger partial charge in [0.25, 0.3) is 0 Å². The summed E-state index contributed by atoms with van der Waals surface area (Å²) >= 11 is 0. The molecule has 0 saturated heterocycles. The van der Waals surface area contributed by atoms with Crippen molar-refractivity contribution in [3.63, 3.8) is 0 Å². The highest BCUT2D eigenvalue weighted by atomic mass is 16.5. The summed E-state index contributed by atoms with van der Waals surface area (Å²) in [6.07, 6.45) is 4.09. The van der Waals surface area contributed by atoms with Crippen LogP contribution >= 0.6 is 0 Å². The van der Waals surface area contributed by atoms with Gasteiger partial charge in [-0.15, -0.1) is 0 Å². The molecular formula is C26H34O5. The van der Waals surface area contributed by atoms with Crippen LogP contribution in [-0.4, -0.2) is 29.8 Å². The van der Waals surface area contributed by atoms with Crippen LogP contribution in [0.15, 0.2) is 54.6 Å². The predicted molar refractivity (Wildman–Crippen MR) is 121 cm³/mol. The summed E-state index contributed by atoms with van der Waals surface area (Å²) < 4.78 is 11.1. The summed E-state index contributed by atoms with van der Waals surface area (Å²) in [5.74, 6) is -1.04. The second-order valence-corrected chi connectivity index (χ2v) is 8.20. The van der Waals surface area contributed by atoms with Gasteiger partial charge in [-0.3, -0.25) is 9.59 Å². The zero-order chi connectivity index (χ0) is 22.7. The average molecular weight is 427 g/mol. The summed E-state index contributed by atoms with van der Waals surface area (Å²) in [5, 5.41) is 9.60. The molecular weight excluding hydrogens is 392 g/mol. The van der Waals surface area contributed by atoms with E-state index in [9.17, 15) is 14.7 Å². The second-order valence-electron chi connectivity index (χ2n) is 8.20. The zero-order valence-electron chi connectivity index (χ0n) is 18.8. The molecule has 0 fully saturated rings. The van der Waals surface area contributed by atoms with Crippen molar-refractivity contribution >= 4 is 11.9 Å². The van der Waals surface area contributed by atoms with Crippen molar-refractivity contribution in [2.45, 2.75) is 65.4 Å². The molecule has 0 saturated carbocycles. The number of benzene rings is 2. The fourth-order valence-corrected chi connectivity index (χ4v) is 3.10. The first-order valence-corrected chi connectivity index (χ1v) is 11.0. The first kappa shape index (κ1) is 24.4. The lowest BCUT2D eigenvalue weighted by molar-refractivity contribution is -0.171. The maximum Gasteiger partial charge on any atom is 0.323 e. The molecule has 5 heteroatoms. The van der Waals surface area contributed by atoms with Gasteiger partial charge in [-0.25, -0.2) is 0 Å². The number of hydrogen-bond acceptors (Lipinski definition) is 4. The average Bonchev–Trinajstić information content (AvgIpc) is 2.78. The van der Waals surface area contributed by atoms with E-state index in [1.807, 2.05) is 37.3 Å². The highest BCUT2D eigenvalue weighted by Gasteiger charge is 2.43. The van der Waals surface area contributed by atoms with Gasteiger partial charge in [0.05, 0.1) is 12.7 Å². The molecule has 1 N–H and O–H groups in total. The minimum atomic E-state index is -1.56. The van der Waals surface area contributed by atoms with Gasteiger partial charge in [0.1, 0.15) is 5.75 Å². The van der Waals surface area contributed by atoms with Gasteiger partial charge in [-0.2, -0.15) is 0 Å². The minimum Gasteiger partial charge on any atom is -0.494 e. The molecule has 168 valence electrons. The third-order valence-corrected chi connectivity index (χ3v) is 5.61. The van der Waals surface area contributed by atoms with E-state index in [4.69, 9.17) is 9.47 Å². The summed E-state index contributed by atoms with van der Waals surface area (Å²) in [5.41, 5.74) is 0.741. The number of hydrogen-bond donors (Lipinski definition) is 1. The molecule has 0 aliphatic heterocycles. The number of carbonyl (C=O) groups is 2. The van der Waals surface area contributed by atoms with Crippen molar-refractivity contribution in [1.29, 1.82) is 0 Å². The number of esters is 1. The van der Waals surface area contributed by atoms with Gasteiger partial charge in [-0.1, -0.05) is 49.4 Å². The Morgan fingerprint density at radius 1 is 0.968 bits per heavy atom. The first-order valence-electron chi connectivity index (χ1n) is 11.0. The fourth-order valence-electron chi connectivity index (χ4n) is 3.10. The Hall–Kier alpha value is -2.82. The fraction of sp³-hybridized carbons (Fsp3) is 0.462. The second kappa shape index (κ2) is 12.1. The largest absolute Gasteiger partial charge is 0.494 e. The van der Waals surface area contributed by atoms with E-state index in [0.29, 0.717) is 19.4 Å². The molecule has 2 aromatic carbocycles. The van der Waals surface area contributed by atoms with Gasteiger partial charge >= 0.3 is 11.9 Å². The summed E-state index contributed by atoms with van der Waals surface area (Å²) in [7, 11) is 0. The van der Waals surface area contributed by atoms with Crippen LogP contribution in [0.4, 0.5) is 0 Å². The number of unbranched alkanes of at least 4 members (excludes halogenated alkanes) is 1. The molecule has 5 nitrogen and oxygen atoms in total. The van der Waals surface area contributed by atoms with Gasteiger partial charge in [0, 0.05) is 0 Å². The number of rotatable bonds is 13. The molecule has 0 radical (unpaired) electrons. The van der Waals surface area contributed by atoms with Crippen molar-refractivity contribution in [2.75, 3.05) is 6.61 Å². The lowest BCUT2D eigenvalue weighted by Gasteiger charge is -2.24. The lowest BCUT2D eigenvalue weighted by Crippen LogP contribution is -2.39. The molecule has 0 bridgehead atoms. The van der Waals surface area contributed by atoms with E-state index in [1.165, 1.54) is 12.5 Å². The topological polar surface area (TPSA) is 72.8 Å². The smallest absolute Gasteiger partial charge is 0.323 e. The zero-order valence-corrected chi connectivity index (χ0v) is 18.8. The van der Waals surface area contributed by atoms with Crippen LogP contribution in [0.3, 0.4) is 0 Å². The molecule has 0 spiro atoms. The molecule has 0 amide bonds. The van der Waals surface area contributed by atoms with E-state index in [-0.39, 0.29) is 12.5 Å². The molecule has 2 rings (SSSR count). The van der Waals surface area contributed by atoms with Crippen LogP contribution in [0.25, 0.3) is 0 Å². The molecule has 0 aliphatic carbocycles. The number of carbonyl (C=O) groups excluding carboxylic acids is 1. The highest BCUT2D eigenvalue weighted by Crippen LogP contribution is 2.27. The standard InChI is InChI=1S/C26H34O5/c1-4-20(2)31-25(29)26(3,24(27)28)18-17-22-13-15-23(16-14-22)30-19-9-8-12-21-10-6-5-7-11-21/h5-7,10-11,13-16,20H,4,8-9,12,17-19H2,1-3H3,(H,27,28). The van der Waals surface area contributed by atoms with E-state index in [0.717, 1.165) is 30.6 Å². The van der Waals surface area contributed by atoms with Crippen molar-refractivity contribution < 1.29 is 24.2 Å². The number of aliphatic carboxylic acids is 1. The third-order valence-electron chi connectivity index (χ3n) is 5.61.